The molecule has 1 aliphatic rings. The average molecular weight is 316 g/mol. The van der Waals surface area contributed by atoms with Crippen molar-refractivity contribution in [2.24, 2.45) is 5.73 Å². The van der Waals surface area contributed by atoms with Crippen molar-refractivity contribution in [3.05, 3.63) is 29.8 Å². The van der Waals surface area contributed by atoms with Crippen molar-refractivity contribution >= 4 is 5.91 Å². The molecule has 4 nitrogen and oxygen atoms in total. The Morgan fingerprint density at radius 3 is 2.55 bits per heavy atom. The maximum Gasteiger partial charge on any atom is 0.416 e. The predicted molar refractivity (Wildman–Crippen MR) is 75.3 cm³/mol. The molecule has 0 aromatic heterocycles. The zero-order valence-electron chi connectivity index (χ0n) is 12.3. The summed E-state index contributed by atoms with van der Waals surface area (Å²) in [5.74, 6) is 0.0574. The summed E-state index contributed by atoms with van der Waals surface area (Å²) in [5, 5.41) is 0. The number of nitrogens with two attached hydrogens (primary N) is 1. The van der Waals surface area contributed by atoms with Gasteiger partial charge < -0.3 is 15.4 Å². The number of rotatable bonds is 3. The molecule has 0 aliphatic carbocycles. The maximum atomic E-state index is 12.4. The fraction of sp³-hybridized carbons (Fsp3) is 0.533. The highest BCUT2D eigenvalue weighted by atomic mass is 19.4. The van der Waals surface area contributed by atoms with Gasteiger partial charge in [-0.2, -0.15) is 13.2 Å². The van der Waals surface area contributed by atoms with Crippen LogP contribution in [0, 0.1) is 0 Å². The molecule has 7 heteroatoms. The van der Waals surface area contributed by atoms with Gasteiger partial charge in [0, 0.05) is 18.6 Å². The number of likely N-dealkylation sites (tertiary alicyclic amines) is 1. The topological polar surface area (TPSA) is 55.6 Å². The Morgan fingerprint density at radius 1 is 1.36 bits per heavy atom. The fourth-order valence-corrected chi connectivity index (χ4v) is 2.55. The smallest absolute Gasteiger partial charge is 0.416 e. The Morgan fingerprint density at radius 2 is 2.00 bits per heavy atom. The van der Waals surface area contributed by atoms with Gasteiger partial charge in [0.05, 0.1) is 5.56 Å². The Balaban J connectivity index is 1.88. The van der Waals surface area contributed by atoms with E-state index in [1.807, 2.05) is 6.92 Å². The fourth-order valence-electron chi connectivity index (χ4n) is 2.55. The van der Waals surface area contributed by atoms with Gasteiger partial charge >= 0.3 is 6.18 Å². The molecule has 1 amide bonds. The van der Waals surface area contributed by atoms with Crippen LogP contribution in [0.4, 0.5) is 13.2 Å². The van der Waals surface area contributed by atoms with Crippen molar-refractivity contribution in [3.8, 4) is 5.75 Å². The molecule has 2 N–H and O–H groups in total. The minimum absolute atomic E-state index is 0.0486. The van der Waals surface area contributed by atoms with E-state index in [1.165, 1.54) is 12.1 Å². The van der Waals surface area contributed by atoms with Crippen molar-refractivity contribution < 1.29 is 22.7 Å². The lowest BCUT2D eigenvalue weighted by Crippen LogP contribution is -2.49. The molecule has 22 heavy (non-hydrogen) atoms. The summed E-state index contributed by atoms with van der Waals surface area (Å²) in [5.41, 5.74) is 5.10. The molecule has 1 aromatic rings. The summed E-state index contributed by atoms with van der Waals surface area (Å²) in [4.78, 5) is 13.8. The number of carbonyl (C=O) groups excluding carboxylic acids is 1. The lowest BCUT2D eigenvalue weighted by Gasteiger charge is -2.36. The van der Waals surface area contributed by atoms with E-state index in [4.69, 9.17) is 10.5 Å². The number of carbonyl (C=O) groups is 1. The third kappa shape index (κ3) is 4.13. The summed E-state index contributed by atoms with van der Waals surface area (Å²) in [6, 6.07) is 4.45. The van der Waals surface area contributed by atoms with Gasteiger partial charge in [0.2, 0.25) is 0 Å². The van der Waals surface area contributed by atoms with Crippen molar-refractivity contribution in [2.75, 3.05) is 13.2 Å². The van der Waals surface area contributed by atoms with Gasteiger partial charge in [0.15, 0.2) is 6.61 Å². The van der Waals surface area contributed by atoms with Gasteiger partial charge in [-0.15, -0.1) is 0 Å². The predicted octanol–water partition coefficient (Wildman–Crippen LogP) is 2.42. The maximum absolute atomic E-state index is 12.4. The molecule has 2 atom stereocenters. The first kappa shape index (κ1) is 16.6. The first-order chi connectivity index (χ1) is 10.3. The Bertz CT molecular complexity index is 517. The van der Waals surface area contributed by atoms with Crippen LogP contribution in [-0.2, 0) is 11.0 Å². The van der Waals surface area contributed by atoms with Gasteiger partial charge in [0.1, 0.15) is 5.75 Å². The number of benzene rings is 1. The van der Waals surface area contributed by atoms with E-state index in [0.717, 1.165) is 25.0 Å². The van der Waals surface area contributed by atoms with E-state index in [9.17, 15) is 18.0 Å². The quantitative estimate of drug-likeness (QED) is 0.932. The van der Waals surface area contributed by atoms with Crippen molar-refractivity contribution in [1.82, 2.24) is 4.90 Å². The molecule has 1 aromatic carbocycles. The Kier molecular flexibility index (Phi) is 4.95. The summed E-state index contributed by atoms with van der Waals surface area (Å²) in [6.45, 7) is 2.32. The number of nitrogens with zero attached hydrogens (tertiary/aromatic N) is 1. The van der Waals surface area contributed by atoms with Crippen molar-refractivity contribution in [1.29, 1.82) is 0 Å². The largest absolute Gasteiger partial charge is 0.484 e. The van der Waals surface area contributed by atoms with E-state index in [-0.39, 0.29) is 30.3 Å². The number of halogens is 3. The standard InChI is InChI=1S/C15H19F3N2O2/c1-10-8-12(19)6-7-20(10)14(21)9-22-13-4-2-11(3-5-13)15(16,17)18/h2-5,10,12H,6-9,19H2,1H3/t10-,12-/m1/s1. The normalized spacial score (nSPS) is 22.5. The first-order valence-electron chi connectivity index (χ1n) is 7.12. The third-order valence-corrected chi connectivity index (χ3v) is 3.78. The zero-order chi connectivity index (χ0) is 16.3. The molecule has 1 fully saturated rings. The summed E-state index contributed by atoms with van der Waals surface area (Å²) in [7, 11) is 0. The van der Waals surface area contributed by atoms with Crippen LogP contribution in [0.3, 0.4) is 0 Å². The molecular weight excluding hydrogens is 297 g/mol. The van der Waals surface area contributed by atoms with E-state index in [1.54, 1.807) is 4.90 Å². The summed E-state index contributed by atoms with van der Waals surface area (Å²) < 4.78 is 42.6. The highest BCUT2D eigenvalue weighted by Gasteiger charge is 2.30. The van der Waals surface area contributed by atoms with E-state index >= 15 is 0 Å². The number of piperidine rings is 1. The van der Waals surface area contributed by atoms with Crippen molar-refractivity contribution in [2.45, 2.75) is 38.0 Å². The Labute approximate surface area is 127 Å². The van der Waals surface area contributed by atoms with Crippen molar-refractivity contribution in [3.63, 3.8) is 0 Å². The van der Waals surface area contributed by atoms with E-state index in [0.29, 0.717) is 6.54 Å². The number of hydrogen-bond donors (Lipinski definition) is 1. The number of hydrogen-bond acceptors (Lipinski definition) is 3. The van der Waals surface area contributed by atoms with E-state index < -0.39 is 11.7 Å². The highest BCUT2D eigenvalue weighted by molar-refractivity contribution is 5.78. The monoisotopic (exact) mass is 316 g/mol. The lowest BCUT2D eigenvalue weighted by molar-refractivity contribution is -0.138. The van der Waals surface area contributed by atoms with Crippen LogP contribution >= 0.6 is 0 Å². The number of ether oxygens (including phenoxy) is 1. The van der Waals surface area contributed by atoms with Crippen LogP contribution in [-0.4, -0.2) is 36.0 Å². The summed E-state index contributed by atoms with van der Waals surface area (Å²) >= 11 is 0. The molecule has 0 unspecified atom stereocenters. The average Bonchev–Trinajstić information content (AvgIpc) is 2.44. The number of amides is 1. The van der Waals surface area contributed by atoms with Gasteiger partial charge in [-0.25, -0.2) is 0 Å². The number of alkyl halides is 3. The van der Waals surface area contributed by atoms with Crippen LogP contribution in [0.1, 0.15) is 25.3 Å². The third-order valence-electron chi connectivity index (χ3n) is 3.78. The van der Waals surface area contributed by atoms with Crippen LogP contribution in [0.2, 0.25) is 0 Å². The molecule has 2 rings (SSSR count). The molecule has 122 valence electrons. The SMILES string of the molecule is C[C@@H]1C[C@H](N)CCN1C(=O)COc1ccc(C(F)(F)F)cc1. The zero-order valence-corrected chi connectivity index (χ0v) is 12.3. The molecule has 0 saturated carbocycles. The molecular formula is C15H19F3N2O2. The second kappa shape index (κ2) is 6.56. The second-order valence-corrected chi connectivity index (χ2v) is 5.53. The minimum atomic E-state index is -4.38. The van der Waals surface area contributed by atoms with E-state index in [2.05, 4.69) is 0 Å². The molecule has 1 aliphatic heterocycles. The highest BCUT2D eigenvalue weighted by Crippen LogP contribution is 2.30. The minimum Gasteiger partial charge on any atom is -0.484 e. The first-order valence-corrected chi connectivity index (χ1v) is 7.12. The summed E-state index contributed by atoms with van der Waals surface area (Å²) in [6.07, 6.45) is -2.89. The van der Waals surface area contributed by atoms with Crippen LogP contribution in [0.25, 0.3) is 0 Å². The molecule has 1 heterocycles. The molecule has 0 bridgehead atoms. The molecule has 0 spiro atoms. The molecule has 1 saturated heterocycles. The van der Waals surface area contributed by atoms with Gasteiger partial charge in [-0.05, 0) is 44.0 Å². The van der Waals surface area contributed by atoms with Crippen LogP contribution in [0.15, 0.2) is 24.3 Å². The van der Waals surface area contributed by atoms with Gasteiger partial charge in [-0.1, -0.05) is 0 Å². The van der Waals surface area contributed by atoms with Gasteiger partial charge in [-0.3, -0.25) is 4.79 Å². The second-order valence-electron chi connectivity index (χ2n) is 5.53. The lowest BCUT2D eigenvalue weighted by atomic mass is 9.99. The Hall–Kier alpha value is -1.76. The van der Waals surface area contributed by atoms with Crippen LogP contribution in [0.5, 0.6) is 5.75 Å². The molecule has 0 radical (unpaired) electrons. The van der Waals surface area contributed by atoms with Crippen LogP contribution < -0.4 is 10.5 Å². The van der Waals surface area contributed by atoms with Gasteiger partial charge in [0.25, 0.3) is 5.91 Å².